The molecule has 0 aromatic heterocycles. The minimum atomic E-state index is 0.00836. The quantitative estimate of drug-likeness (QED) is 0.722. The number of hydrogen-bond donors (Lipinski definition) is 0. The number of fused-ring (bicyclic) bond motifs is 1. The highest BCUT2D eigenvalue weighted by Crippen LogP contribution is 2.46. The second-order valence-electron chi connectivity index (χ2n) is 6.90. The van der Waals surface area contributed by atoms with Crippen molar-refractivity contribution in [2.24, 2.45) is 11.8 Å². The summed E-state index contributed by atoms with van der Waals surface area (Å²) in [6, 6.07) is 8.65. The first-order chi connectivity index (χ1) is 9.51. The third kappa shape index (κ3) is 2.15. The fraction of sp³-hybridized carbons (Fsp3) is 0.611. The van der Waals surface area contributed by atoms with Crippen molar-refractivity contribution >= 4 is 5.97 Å². The zero-order chi connectivity index (χ0) is 14.3. The van der Waals surface area contributed by atoms with Gasteiger partial charge in [-0.15, -0.1) is 0 Å². The summed E-state index contributed by atoms with van der Waals surface area (Å²) in [6.45, 7) is 6.56. The van der Waals surface area contributed by atoms with Crippen molar-refractivity contribution in [1.29, 1.82) is 0 Å². The molecule has 0 amide bonds. The van der Waals surface area contributed by atoms with Crippen molar-refractivity contribution < 1.29 is 9.53 Å². The van der Waals surface area contributed by atoms with Crippen molar-refractivity contribution in [2.75, 3.05) is 0 Å². The SMILES string of the molecule is Cc1ccccc1C1(C)CCCC2C(C1)OC(=O)C2C. The predicted molar refractivity (Wildman–Crippen MR) is 79.5 cm³/mol. The van der Waals surface area contributed by atoms with E-state index in [1.165, 1.54) is 24.0 Å². The fourth-order valence-corrected chi connectivity index (χ4v) is 4.24. The van der Waals surface area contributed by atoms with Crippen molar-refractivity contribution in [2.45, 2.75) is 58.0 Å². The van der Waals surface area contributed by atoms with Crippen LogP contribution in [0, 0.1) is 18.8 Å². The third-order valence-electron chi connectivity index (χ3n) is 5.47. The second-order valence-corrected chi connectivity index (χ2v) is 6.90. The molecule has 0 bridgehead atoms. The van der Waals surface area contributed by atoms with Gasteiger partial charge in [-0.2, -0.15) is 0 Å². The molecule has 20 heavy (non-hydrogen) atoms. The number of rotatable bonds is 1. The van der Waals surface area contributed by atoms with E-state index in [9.17, 15) is 4.79 Å². The number of aryl methyl sites for hydroxylation is 1. The van der Waals surface area contributed by atoms with E-state index >= 15 is 0 Å². The summed E-state index contributed by atoms with van der Waals surface area (Å²) in [4.78, 5) is 11.8. The Balaban J connectivity index is 1.92. The van der Waals surface area contributed by atoms with Crippen molar-refractivity contribution in [3.05, 3.63) is 35.4 Å². The molecule has 1 saturated carbocycles. The van der Waals surface area contributed by atoms with E-state index in [0.717, 1.165) is 12.8 Å². The molecule has 4 unspecified atom stereocenters. The van der Waals surface area contributed by atoms with E-state index in [2.05, 4.69) is 38.1 Å². The zero-order valence-corrected chi connectivity index (χ0v) is 12.7. The molecule has 1 aliphatic carbocycles. The lowest BCUT2D eigenvalue weighted by atomic mass is 9.73. The summed E-state index contributed by atoms with van der Waals surface area (Å²) in [5.41, 5.74) is 2.91. The Kier molecular flexibility index (Phi) is 3.35. The Morgan fingerprint density at radius 2 is 2.05 bits per heavy atom. The number of carbonyl (C=O) groups is 1. The minimum Gasteiger partial charge on any atom is -0.462 e. The summed E-state index contributed by atoms with van der Waals surface area (Å²) < 4.78 is 5.68. The summed E-state index contributed by atoms with van der Waals surface area (Å²) in [5, 5.41) is 0. The van der Waals surface area contributed by atoms with Gasteiger partial charge in [0.25, 0.3) is 0 Å². The Hall–Kier alpha value is -1.31. The maximum atomic E-state index is 11.8. The first-order valence-corrected chi connectivity index (χ1v) is 7.78. The van der Waals surface area contributed by atoms with Crippen LogP contribution in [-0.4, -0.2) is 12.1 Å². The maximum Gasteiger partial charge on any atom is 0.309 e. The molecule has 2 fully saturated rings. The highest BCUT2D eigenvalue weighted by Gasteiger charge is 2.47. The zero-order valence-electron chi connectivity index (χ0n) is 12.7. The molecule has 108 valence electrons. The largest absolute Gasteiger partial charge is 0.462 e. The van der Waals surface area contributed by atoms with Gasteiger partial charge in [0.15, 0.2) is 0 Å². The highest BCUT2D eigenvalue weighted by atomic mass is 16.6. The Morgan fingerprint density at radius 1 is 1.30 bits per heavy atom. The van der Waals surface area contributed by atoms with Crippen LogP contribution in [-0.2, 0) is 14.9 Å². The fourth-order valence-electron chi connectivity index (χ4n) is 4.24. The van der Waals surface area contributed by atoms with Crippen LogP contribution in [0.25, 0.3) is 0 Å². The van der Waals surface area contributed by atoms with Crippen LogP contribution >= 0.6 is 0 Å². The van der Waals surface area contributed by atoms with Crippen LogP contribution in [0.4, 0.5) is 0 Å². The van der Waals surface area contributed by atoms with E-state index in [4.69, 9.17) is 4.74 Å². The molecule has 1 aromatic rings. The lowest BCUT2D eigenvalue weighted by Gasteiger charge is -2.32. The van der Waals surface area contributed by atoms with Gasteiger partial charge in [-0.25, -0.2) is 0 Å². The van der Waals surface area contributed by atoms with E-state index in [-0.39, 0.29) is 23.4 Å². The molecule has 2 nitrogen and oxygen atoms in total. The number of ether oxygens (including phenoxy) is 1. The monoisotopic (exact) mass is 272 g/mol. The minimum absolute atomic E-state index is 0.00836. The molecule has 0 radical (unpaired) electrons. The molecule has 3 rings (SSSR count). The van der Waals surface area contributed by atoms with E-state index in [1.807, 2.05) is 6.92 Å². The van der Waals surface area contributed by atoms with Gasteiger partial charge in [-0.05, 0) is 42.7 Å². The van der Waals surface area contributed by atoms with Crippen LogP contribution in [0.1, 0.15) is 50.7 Å². The summed E-state index contributed by atoms with van der Waals surface area (Å²) in [7, 11) is 0. The van der Waals surface area contributed by atoms with Crippen LogP contribution in [0.5, 0.6) is 0 Å². The number of hydrogen-bond acceptors (Lipinski definition) is 2. The van der Waals surface area contributed by atoms with Crippen LogP contribution in [0.15, 0.2) is 24.3 Å². The molecule has 2 heteroatoms. The molecule has 1 saturated heterocycles. The maximum absolute atomic E-state index is 11.8. The van der Waals surface area contributed by atoms with Gasteiger partial charge in [-0.1, -0.05) is 44.5 Å². The number of carbonyl (C=O) groups excluding carboxylic acids is 1. The van der Waals surface area contributed by atoms with Crippen molar-refractivity contribution in [3.8, 4) is 0 Å². The van der Waals surface area contributed by atoms with Crippen LogP contribution in [0.3, 0.4) is 0 Å². The first-order valence-electron chi connectivity index (χ1n) is 7.78. The second kappa shape index (κ2) is 4.91. The van der Waals surface area contributed by atoms with E-state index in [1.54, 1.807) is 0 Å². The van der Waals surface area contributed by atoms with Gasteiger partial charge in [-0.3, -0.25) is 4.79 Å². The lowest BCUT2D eigenvalue weighted by molar-refractivity contribution is -0.144. The Labute approximate surface area is 121 Å². The van der Waals surface area contributed by atoms with E-state index in [0.29, 0.717) is 5.92 Å². The highest BCUT2D eigenvalue weighted by molar-refractivity contribution is 5.74. The molecule has 0 spiro atoms. The molecule has 2 aliphatic rings. The Bertz CT molecular complexity index is 522. The molecule has 1 aliphatic heterocycles. The van der Waals surface area contributed by atoms with Gasteiger partial charge >= 0.3 is 5.97 Å². The average molecular weight is 272 g/mol. The first kappa shape index (κ1) is 13.7. The predicted octanol–water partition coefficient (Wildman–Crippen LogP) is 4.00. The summed E-state index contributed by atoms with van der Waals surface area (Å²) in [6.07, 6.45) is 4.59. The summed E-state index contributed by atoms with van der Waals surface area (Å²) >= 11 is 0. The molecule has 1 aromatic carbocycles. The van der Waals surface area contributed by atoms with Gasteiger partial charge < -0.3 is 4.74 Å². The van der Waals surface area contributed by atoms with Crippen LogP contribution < -0.4 is 0 Å². The standard InChI is InChI=1S/C18H24O2/c1-12-7-4-5-9-15(12)18(3)10-6-8-14-13(2)17(19)20-16(14)11-18/h4-5,7,9,13-14,16H,6,8,10-11H2,1-3H3. The lowest BCUT2D eigenvalue weighted by Crippen LogP contribution is -2.29. The molecular formula is C18H24O2. The normalized spacial score (nSPS) is 37.1. The number of esters is 1. The molecule has 4 atom stereocenters. The van der Waals surface area contributed by atoms with E-state index < -0.39 is 0 Å². The van der Waals surface area contributed by atoms with Gasteiger partial charge in [0.2, 0.25) is 0 Å². The van der Waals surface area contributed by atoms with Crippen molar-refractivity contribution in [3.63, 3.8) is 0 Å². The van der Waals surface area contributed by atoms with Gasteiger partial charge in [0.1, 0.15) is 6.10 Å². The Morgan fingerprint density at radius 3 is 2.80 bits per heavy atom. The van der Waals surface area contributed by atoms with Crippen LogP contribution in [0.2, 0.25) is 0 Å². The van der Waals surface area contributed by atoms with Crippen molar-refractivity contribution in [1.82, 2.24) is 0 Å². The topological polar surface area (TPSA) is 26.3 Å². The molecule has 1 heterocycles. The summed E-state index contributed by atoms with van der Waals surface area (Å²) in [5.74, 6) is 0.515. The smallest absolute Gasteiger partial charge is 0.309 e. The average Bonchev–Trinajstić information content (AvgIpc) is 2.59. The third-order valence-corrected chi connectivity index (χ3v) is 5.47. The van der Waals surface area contributed by atoms with Gasteiger partial charge in [0.05, 0.1) is 5.92 Å². The molecular weight excluding hydrogens is 248 g/mol. The molecule has 0 N–H and O–H groups in total. The van der Waals surface area contributed by atoms with Gasteiger partial charge in [0, 0.05) is 5.92 Å². The number of benzene rings is 1.